The number of aliphatic carboxylic acids is 1. The molecule has 1 aromatic carbocycles. The molecule has 5 atom stereocenters. The molecule has 3 aromatic rings. The molecule has 17 heteroatoms. The average Bonchev–Trinajstić information content (AvgIpc) is 3.94. The number of hydrogen-bond donors (Lipinski definition) is 4. The molecule has 2 aliphatic rings. The summed E-state index contributed by atoms with van der Waals surface area (Å²) in [6, 6.07) is 7.78. The number of carbonyl (C=O) groups is 3. The summed E-state index contributed by atoms with van der Waals surface area (Å²) < 4.78 is 30.5. The van der Waals surface area contributed by atoms with Crippen molar-refractivity contribution < 1.29 is 37.9 Å². The summed E-state index contributed by atoms with van der Waals surface area (Å²) in [5.74, 6) is 1.39. The van der Waals surface area contributed by atoms with Crippen LogP contribution in [0.1, 0.15) is 121 Å². The Balaban J connectivity index is 0.000000345. The lowest BCUT2D eigenvalue weighted by Gasteiger charge is -2.35. The normalized spacial score (nSPS) is 17.6. The van der Waals surface area contributed by atoms with E-state index in [0.717, 1.165) is 84.1 Å². The van der Waals surface area contributed by atoms with E-state index in [1.54, 1.807) is 37.5 Å². The zero-order chi connectivity index (χ0) is 49.4. The van der Waals surface area contributed by atoms with Crippen molar-refractivity contribution in [2.45, 2.75) is 145 Å². The number of unbranched alkanes of at least 4 members (excludes halogenated alkanes) is 3. The zero-order valence-electron chi connectivity index (χ0n) is 42.0. The number of anilines is 1. The first kappa shape index (κ1) is 57.8. The minimum Gasteiger partial charge on any atom is -0.497 e. The number of fused-ring (bicyclic) bond motifs is 1. The van der Waals surface area contributed by atoms with Crippen molar-refractivity contribution in [2.75, 3.05) is 58.5 Å². The van der Waals surface area contributed by atoms with E-state index in [-0.39, 0.29) is 29.8 Å². The maximum atomic E-state index is 12.2. The Bertz CT molecular complexity index is 1970. The summed E-state index contributed by atoms with van der Waals surface area (Å²) in [5, 5.41) is 21.4. The number of likely N-dealkylation sites (tertiary alicyclic amines) is 1. The number of carboxylic acids is 1. The topological polar surface area (TPSA) is 185 Å². The highest BCUT2D eigenvalue weighted by Gasteiger charge is 2.33. The van der Waals surface area contributed by atoms with Crippen LogP contribution in [0.5, 0.6) is 11.5 Å². The molecular formula is C49H81N7O8S2. The van der Waals surface area contributed by atoms with Crippen LogP contribution in [0.2, 0.25) is 0 Å². The molecule has 2 aliphatic heterocycles. The number of carboxylic acid groups (broad SMARTS) is 1. The molecule has 2 amide bonds. The Morgan fingerprint density at radius 2 is 1.74 bits per heavy atom. The molecule has 2 saturated heterocycles. The van der Waals surface area contributed by atoms with E-state index in [1.165, 1.54) is 19.3 Å². The monoisotopic (exact) mass is 960 g/mol. The van der Waals surface area contributed by atoms with E-state index in [2.05, 4.69) is 47.8 Å². The van der Waals surface area contributed by atoms with Gasteiger partial charge in [0.05, 0.1) is 36.4 Å². The smallest absolute Gasteiger partial charge is 0.407 e. The molecule has 0 bridgehead atoms. The Morgan fingerprint density at radius 1 is 1.02 bits per heavy atom. The first-order valence-electron chi connectivity index (χ1n) is 23.6. The van der Waals surface area contributed by atoms with Crippen LogP contribution in [-0.2, 0) is 25.3 Å². The Labute approximate surface area is 401 Å². The van der Waals surface area contributed by atoms with Gasteiger partial charge < -0.3 is 40.2 Å². The second-order valence-electron chi connectivity index (χ2n) is 17.6. The molecular weight excluding hydrogens is 879 g/mol. The van der Waals surface area contributed by atoms with Crippen LogP contribution >= 0.6 is 11.3 Å². The van der Waals surface area contributed by atoms with E-state index >= 15 is 0 Å². The summed E-state index contributed by atoms with van der Waals surface area (Å²) in [5.41, 5.74) is 2.16. The fourth-order valence-electron chi connectivity index (χ4n) is 7.17. The molecule has 15 nitrogen and oxygen atoms in total. The van der Waals surface area contributed by atoms with Crippen LogP contribution in [0.15, 0.2) is 41.8 Å². The van der Waals surface area contributed by atoms with Crippen molar-refractivity contribution in [1.29, 1.82) is 0 Å². The second kappa shape index (κ2) is 30.1. The number of alkyl carbamates (subject to hydrolysis) is 1. The van der Waals surface area contributed by atoms with Gasteiger partial charge in [-0.3, -0.25) is 9.59 Å². The summed E-state index contributed by atoms with van der Waals surface area (Å²) in [6.45, 7) is 22.2. The molecule has 66 heavy (non-hydrogen) atoms. The van der Waals surface area contributed by atoms with Crippen LogP contribution in [0.3, 0.4) is 0 Å². The third-order valence-electron chi connectivity index (χ3n) is 11.0. The van der Waals surface area contributed by atoms with Crippen LogP contribution in [-0.4, -0.2) is 124 Å². The number of hydrogen-bond acceptors (Lipinski definition) is 12. The maximum absolute atomic E-state index is 12.2. The Kier molecular flexibility index (Phi) is 26.4. The van der Waals surface area contributed by atoms with Crippen molar-refractivity contribution in [3.05, 3.63) is 41.8 Å². The summed E-state index contributed by atoms with van der Waals surface area (Å²) >= 11 is 1.57. The number of carbonyl (C=O) groups excluding carboxylic acids is 2. The largest absolute Gasteiger partial charge is 0.497 e. The molecule has 372 valence electrons. The average molecular weight is 960 g/mol. The fraction of sp³-hybridized carbons (Fsp3) is 0.653. The number of methoxy groups -OCH3 is 2. The van der Waals surface area contributed by atoms with Gasteiger partial charge in [-0.15, -0.1) is 11.3 Å². The van der Waals surface area contributed by atoms with Crippen LogP contribution in [0.4, 0.5) is 9.93 Å². The van der Waals surface area contributed by atoms with Gasteiger partial charge in [0.15, 0.2) is 5.13 Å². The SMILES string of the molecule is CC.CCCCC/C=C\C(C)C(NC)C(=O)O.COc1ccc2c(OC)cc(-c3csc(NC(C)C)n3)nc2c1.C[C@@H]1CCCN1C(=O)CNC(=O)O[C@H](CN1CCCCS1=O)C(C)(C)C. The van der Waals surface area contributed by atoms with E-state index < -0.39 is 35.2 Å². The molecule has 5 rings (SSSR count). The van der Waals surface area contributed by atoms with Crippen molar-refractivity contribution >= 4 is 56.3 Å². The van der Waals surface area contributed by atoms with E-state index in [9.17, 15) is 18.6 Å². The molecule has 4 heterocycles. The number of likely N-dealkylation sites (N-methyl/N-ethyl adjacent to an activating group) is 1. The minimum atomic E-state index is -1.00. The molecule has 3 unspecified atom stereocenters. The molecule has 2 aromatic heterocycles. The third-order valence-corrected chi connectivity index (χ3v) is 13.3. The van der Waals surface area contributed by atoms with Crippen molar-refractivity contribution in [3.63, 3.8) is 0 Å². The van der Waals surface area contributed by atoms with Gasteiger partial charge >= 0.3 is 12.1 Å². The van der Waals surface area contributed by atoms with Crippen LogP contribution in [0.25, 0.3) is 22.3 Å². The maximum Gasteiger partial charge on any atom is 0.407 e. The number of rotatable bonds is 18. The van der Waals surface area contributed by atoms with E-state index in [1.807, 2.05) is 88.5 Å². The van der Waals surface area contributed by atoms with Crippen LogP contribution < -0.4 is 25.4 Å². The molecule has 0 saturated carbocycles. The lowest BCUT2D eigenvalue weighted by Crippen LogP contribution is -2.48. The lowest BCUT2D eigenvalue weighted by atomic mass is 9.89. The number of nitrogens with zero attached hydrogens (tertiary/aromatic N) is 4. The van der Waals surface area contributed by atoms with E-state index in [0.29, 0.717) is 18.3 Å². The number of aromatic nitrogens is 2. The molecule has 0 spiro atoms. The van der Waals surface area contributed by atoms with Gasteiger partial charge in [-0.1, -0.05) is 73.5 Å². The number of amides is 2. The molecule has 2 fully saturated rings. The number of allylic oxidation sites excluding steroid dienone is 1. The zero-order valence-corrected chi connectivity index (χ0v) is 43.7. The molecule has 0 aliphatic carbocycles. The summed E-state index contributed by atoms with van der Waals surface area (Å²) in [4.78, 5) is 46.4. The van der Waals surface area contributed by atoms with Gasteiger partial charge in [-0.05, 0) is 78.5 Å². The summed E-state index contributed by atoms with van der Waals surface area (Å²) in [7, 11) is 3.98. The first-order chi connectivity index (χ1) is 31.4. The summed E-state index contributed by atoms with van der Waals surface area (Å²) in [6.07, 6.45) is 11.8. The van der Waals surface area contributed by atoms with Gasteiger partial charge in [0.1, 0.15) is 35.9 Å². The third kappa shape index (κ3) is 19.5. The lowest BCUT2D eigenvalue weighted by molar-refractivity contribution is -0.140. The first-order valence-corrected chi connectivity index (χ1v) is 25.8. The number of benzene rings is 1. The van der Waals surface area contributed by atoms with Gasteiger partial charge in [-0.25, -0.2) is 23.3 Å². The number of nitrogens with one attached hydrogen (secondary N) is 3. The number of thiazole rings is 1. The standard InChI is InChI=1S/C18H33N3O4S.C17H19N3O2S.C12H23NO2.C2H6/c1-14-8-7-10-21(14)16(22)12-19-17(23)25-15(18(2,3)4)13-20-9-5-6-11-26(20)24;1-10(2)18-17-20-15(9-23-17)14-8-16(22-4)12-6-5-11(21-3)7-13(12)19-14;1-4-5-6-7-8-9-10(2)11(13-3)12(14)15;1-2/h14-15H,5-13H2,1-4H3,(H,19,23);5-10H,1-4H3,(H,18,20);8-11,13H,4-7H2,1-3H3,(H,14,15);1-2H3/b;;9-8-;/t14-,15-,26?;;;/m1.../s1. The Morgan fingerprint density at radius 3 is 2.32 bits per heavy atom. The van der Waals surface area contributed by atoms with Crippen LogP contribution in [0, 0.1) is 11.3 Å². The van der Waals surface area contributed by atoms with Gasteiger partial charge in [0.2, 0.25) is 5.91 Å². The minimum absolute atomic E-state index is 0.0362. The predicted molar refractivity (Wildman–Crippen MR) is 271 cm³/mol. The molecule has 0 radical (unpaired) electrons. The van der Waals surface area contributed by atoms with Gasteiger partial charge in [0, 0.05) is 71.7 Å². The quantitative estimate of drug-likeness (QED) is 0.0701. The van der Waals surface area contributed by atoms with Crippen molar-refractivity contribution in [1.82, 2.24) is 29.8 Å². The molecule has 4 N–H and O–H groups in total. The van der Waals surface area contributed by atoms with Crippen molar-refractivity contribution in [3.8, 4) is 22.9 Å². The highest BCUT2D eigenvalue weighted by molar-refractivity contribution is 7.82. The predicted octanol–water partition coefficient (Wildman–Crippen LogP) is 9.55. The van der Waals surface area contributed by atoms with Gasteiger partial charge in [-0.2, -0.15) is 0 Å². The Hall–Kier alpha value is -4.32. The second-order valence-corrected chi connectivity index (χ2v) is 20.1. The fourth-order valence-corrected chi connectivity index (χ4v) is 9.36. The number of pyridine rings is 1. The van der Waals surface area contributed by atoms with Gasteiger partial charge in [0.25, 0.3) is 0 Å². The van der Waals surface area contributed by atoms with E-state index in [4.69, 9.17) is 24.3 Å². The highest BCUT2D eigenvalue weighted by Crippen LogP contribution is 2.33. The highest BCUT2D eigenvalue weighted by atomic mass is 32.2. The van der Waals surface area contributed by atoms with Crippen molar-refractivity contribution in [2.24, 2.45) is 11.3 Å². The number of ether oxygens (including phenoxy) is 3.